The Morgan fingerprint density at radius 3 is 2.77 bits per heavy atom. The van der Waals surface area contributed by atoms with Gasteiger partial charge >= 0.3 is 0 Å². The van der Waals surface area contributed by atoms with E-state index in [0.717, 1.165) is 11.1 Å². The van der Waals surface area contributed by atoms with Crippen LogP contribution < -0.4 is 4.74 Å². The van der Waals surface area contributed by atoms with Gasteiger partial charge in [0, 0.05) is 10.4 Å². The van der Waals surface area contributed by atoms with Crippen LogP contribution in [-0.4, -0.2) is 12.4 Å². The Morgan fingerprint density at radius 1 is 1.54 bits per heavy atom. The Kier molecular flexibility index (Phi) is 4.07. The highest BCUT2D eigenvalue weighted by atomic mass is 79.9. The first-order valence-corrected chi connectivity index (χ1v) is 5.58. The average Bonchev–Trinajstić information content (AvgIpc) is 2.16. The molecular formula is C10H12BrClO. The molecule has 1 aromatic rings. The molecule has 0 aliphatic heterocycles. The number of ether oxygens (including phenoxy) is 1. The van der Waals surface area contributed by atoms with E-state index in [1.807, 2.05) is 18.2 Å². The fraction of sp³-hybridized carbons (Fsp3) is 0.400. The van der Waals surface area contributed by atoms with Crippen molar-refractivity contribution in [3.8, 4) is 5.75 Å². The second kappa shape index (κ2) is 4.87. The lowest BCUT2D eigenvalue weighted by molar-refractivity contribution is 0.408. The maximum Gasteiger partial charge on any atom is 0.123 e. The topological polar surface area (TPSA) is 9.23 Å². The third kappa shape index (κ3) is 2.61. The number of alkyl halides is 1. The summed E-state index contributed by atoms with van der Waals surface area (Å²) in [6.07, 6.45) is 0. The molecule has 0 aromatic heterocycles. The van der Waals surface area contributed by atoms with Crippen molar-refractivity contribution < 1.29 is 4.74 Å². The molecule has 1 atom stereocenters. The minimum absolute atomic E-state index is 0.437. The van der Waals surface area contributed by atoms with E-state index < -0.39 is 0 Å². The number of rotatable bonds is 3. The van der Waals surface area contributed by atoms with Crippen molar-refractivity contribution in [2.75, 3.05) is 12.4 Å². The van der Waals surface area contributed by atoms with Crippen LogP contribution in [0.4, 0.5) is 0 Å². The zero-order valence-corrected chi connectivity index (χ0v) is 10.0. The van der Waals surface area contributed by atoms with Crippen molar-refractivity contribution in [2.45, 2.75) is 12.8 Å². The second-order valence-electron chi connectivity index (χ2n) is 2.94. The Morgan fingerprint density at radius 2 is 2.23 bits per heavy atom. The lowest BCUT2D eigenvalue weighted by Crippen LogP contribution is -1.98. The molecule has 0 amide bonds. The SMILES string of the molecule is COc1cc(Cl)ccc1C(C)CBr. The van der Waals surface area contributed by atoms with Gasteiger partial charge in [-0.2, -0.15) is 0 Å². The van der Waals surface area contributed by atoms with Crippen LogP contribution in [0.2, 0.25) is 5.02 Å². The van der Waals surface area contributed by atoms with Crippen molar-refractivity contribution >= 4 is 27.5 Å². The zero-order chi connectivity index (χ0) is 9.84. The molecule has 13 heavy (non-hydrogen) atoms. The molecule has 1 aromatic carbocycles. The molecule has 0 radical (unpaired) electrons. The summed E-state index contributed by atoms with van der Waals surface area (Å²) in [5.74, 6) is 1.30. The van der Waals surface area contributed by atoms with Crippen LogP contribution in [0.5, 0.6) is 5.75 Å². The van der Waals surface area contributed by atoms with E-state index in [9.17, 15) is 0 Å². The first-order chi connectivity index (χ1) is 6.19. The van der Waals surface area contributed by atoms with Crippen molar-refractivity contribution in [3.63, 3.8) is 0 Å². The molecule has 0 N–H and O–H groups in total. The van der Waals surface area contributed by atoms with Gasteiger partial charge in [-0.1, -0.05) is 40.5 Å². The van der Waals surface area contributed by atoms with Gasteiger partial charge in [0.05, 0.1) is 7.11 Å². The summed E-state index contributed by atoms with van der Waals surface area (Å²) in [5.41, 5.74) is 1.18. The van der Waals surface area contributed by atoms with E-state index in [2.05, 4.69) is 22.9 Å². The molecule has 72 valence electrons. The second-order valence-corrected chi connectivity index (χ2v) is 4.03. The normalized spacial score (nSPS) is 12.6. The number of hydrogen-bond donors (Lipinski definition) is 0. The first-order valence-electron chi connectivity index (χ1n) is 4.08. The molecule has 0 heterocycles. The van der Waals surface area contributed by atoms with Gasteiger partial charge < -0.3 is 4.74 Å². The number of benzene rings is 1. The van der Waals surface area contributed by atoms with Crippen LogP contribution in [0.25, 0.3) is 0 Å². The van der Waals surface area contributed by atoms with E-state index in [-0.39, 0.29) is 0 Å². The third-order valence-corrected chi connectivity index (χ3v) is 3.16. The summed E-state index contributed by atoms with van der Waals surface area (Å²) >= 11 is 9.30. The maximum atomic E-state index is 5.85. The lowest BCUT2D eigenvalue weighted by Gasteiger charge is -2.13. The summed E-state index contributed by atoms with van der Waals surface area (Å²) in [5, 5.41) is 1.63. The molecule has 3 heteroatoms. The smallest absolute Gasteiger partial charge is 0.123 e. The van der Waals surface area contributed by atoms with E-state index in [0.29, 0.717) is 10.9 Å². The van der Waals surface area contributed by atoms with Crippen LogP contribution in [0.15, 0.2) is 18.2 Å². The molecule has 0 saturated heterocycles. The summed E-state index contributed by atoms with van der Waals surface area (Å²) in [6, 6.07) is 5.74. The molecular weight excluding hydrogens is 251 g/mol. The standard InChI is InChI=1S/C10H12BrClO/c1-7(6-11)9-4-3-8(12)5-10(9)13-2/h3-5,7H,6H2,1-2H3. The number of hydrogen-bond acceptors (Lipinski definition) is 1. The van der Waals surface area contributed by atoms with E-state index >= 15 is 0 Å². The monoisotopic (exact) mass is 262 g/mol. The van der Waals surface area contributed by atoms with Gasteiger partial charge in [0.2, 0.25) is 0 Å². The van der Waals surface area contributed by atoms with Crippen molar-refractivity contribution in [2.24, 2.45) is 0 Å². The Labute approximate surface area is 92.2 Å². The van der Waals surface area contributed by atoms with E-state index in [1.165, 1.54) is 5.56 Å². The van der Waals surface area contributed by atoms with Crippen LogP contribution in [0.1, 0.15) is 18.4 Å². The lowest BCUT2D eigenvalue weighted by atomic mass is 10.0. The molecule has 1 unspecified atom stereocenters. The molecule has 0 spiro atoms. The minimum atomic E-state index is 0.437. The van der Waals surface area contributed by atoms with Crippen LogP contribution >= 0.6 is 27.5 Å². The van der Waals surface area contributed by atoms with Crippen molar-refractivity contribution in [1.82, 2.24) is 0 Å². The van der Waals surface area contributed by atoms with E-state index in [1.54, 1.807) is 7.11 Å². The van der Waals surface area contributed by atoms with Gasteiger partial charge in [-0.3, -0.25) is 0 Å². The zero-order valence-electron chi connectivity index (χ0n) is 7.68. The van der Waals surface area contributed by atoms with Crippen molar-refractivity contribution in [1.29, 1.82) is 0 Å². The molecule has 0 saturated carbocycles. The van der Waals surface area contributed by atoms with E-state index in [4.69, 9.17) is 16.3 Å². The highest BCUT2D eigenvalue weighted by Gasteiger charge is 2.09. The summed E-state index contributed by atoms with van der Waals surface area (Å²) < 4.78 is 5.24. The summed E-state index contributed by atoms with van der Waals surface area (Å²) in [6.45, 7) is 2.14. The number of halogens is 2. The van der Waals surface area contributed by atoms with Crippen LogP contribution in [-0.2, 0) is 0 Å². The summed E-state index contributed by atoms with van der Waals surface area (Å²) in [4.78, 5) is 0. The van der Waals surface area contributed by atoms with Gasteiger partial charge in [-0.05, 0) is 23.6 Å². The fourth-order valence-electron chi connectivity index (χ4n) is 1.18. The van der Waals surface area contributed by atoms with Gasteiger partial charge in [-0.25, -0.2) is 0 Å². The molecule has 1 rings (SSSR count). The largest absolute Gasteiger partial charge is 0.496 e. The Hall–Kier alpha value is -0.210. The highest BCUT2D eigenvalue weighted by molar-refractivity contribution is 9.09. The van der Waals surface area contributed by atoms with Crippen LogP contribution in [0, 0.1) is 0 Å². The molecule has 0 bridgehead atoms. The Balaban J connectivity index is 3.05. The molecule has 0 aliphatic carbocycles. The van der Waals surface area contributed by atoms with Crippen LogP contribution in [0.3, 0.4) is 0 Å². The first kappa shape index (κ1) is 10.9. The quantitative estimate of drug-likeness (QED) is 0.753. The van der Waals surface area contributed by atoms with Gasteiger partial charge in [0.25, 0.3) is 0 Å². The average molecular weight is 264 g/mol. The molecule has 0 aliphatic rings. The van der Waals surface area contributed by atoms with Gasteiger partial charge in [0.1, 0.15) is 5.75 Å². The molecule has 1 nitrogen and oxygen atoms in total. The maximum absolute atomic E-state index is 5.85. The fourth-order valence-corrected chi connectivity index (χ4v) is 1.69. The summed E-state index contributed by atoms with van der Waals surface area (Å²) in [7, 11) is 1.66. The highest BCUT2D eigenvalue weighted by Crippen LogP contribution is 2.30. The van der Waals surface area contributed by atoms with Gasteiger partial charge in [0.15, 0.2) is 0 Å². The third-order valence-electron chi connectivity index (χ3n) is 1.96. The van der Waals surface area contributed by atoms with Crippen molar-refractivity contribution in [3.05, 3.63) is 28.8 Å². The Bertz CT molecular complexity index is 288. The van der Waals surface area contributed by atoms with Gasteiger partial charge in [-0.15, -0.1) is 0 Å². The predicted octanol–water partition coefficient (Wildman–Crippen LogP) is 3.85. The molecule has 0 fully saturated rings. The number of methoxy groups -OCH3 is 1. The predicted molar refractivity (Wildman–Crippen MR) is 60.2 cm³/mol. The minimum Gasteiger partial charge on any atom is -0.496 e.